The molecule has 0 aliphatic heterocycles. The van der Waals surface area contributed by atoms with Gasteiger partial charge in [0.05, 0.1) is 12.7 Å². The van der Waals surface area contributed by atoms with Gasteiger partial charge in [-0.3, -0.25) is 4.79 Å². The summed E-state index contributed by atoms with van der Waals surface area (Å²) in [6, 6.07) is 14.9. The van der Waals surface area contributed by atoms with E-state index in [9.17, 15) is 9.59 Å². The highest BCUT2D eigenvalue weighted by Gasteiger charge is 2.16. The summed E-state index contributed by atoms with van der Waals surface area (Å²) < 4.78 is 4.73. The highest BCUT2D eigenvalue weighted by Crippen LogP contribution is 2.23. The van der Waals surface area contributed by atoms with Gasteiger partial charge in [-0.25, -0.2) is 4.79 Å². The zero-order chi connectivity index (χ0) is 13.8. The van der Waals surface area contributed by atoms with Crippen LogP contribution in [0.25, 0.3) is 11.1 Å². The van der Waals surface area contributed by atoms with Gasteiger partial charge in [-0.05, 0) is 30.2 Å². The maximum Gasteiger partial charge on any atom is 0.338 e. The molecule has 0 saturated carbocycles. The molecule has 96 valence electrons. The quantitative estimate of drug-likeness (QED) is 0.623. The Bertz CT molecular complexity index is 615. The lowest BCUT2D eigenvalue weighted by molar-refractivity contribution is 0.0597. The summed E-state index contributed by atoms with van der Waals surface area (Å²) in [6.07, 6.45) is 0. The number of ketones is 1. The van der Waals surface area contributed by atoms with E-state index in [1.165, 1.54) is 14.0 Å². The number of carbonyl (C=O) groups is 2. The van der Waals surface area contributed by atoms with Crippen molar-refractivity contribution in [1.82, 2.24) is 0 Å². The number of esters is 1. The number of carbonyl (C=O) groups excluding carboxylic acids is 2. The Morgan fingerprint density at radius 2 is 1.58 bits per heavy atom. The number of hydrogen-bond donors (Lipinski definition) is 0. The Kier molecular flexibility index (Phi) is 3.76. The molecule has 0 heterocycles. The van der Waals surface area contributed by atoms with E-state index < -0.39 is 5.97 Å². The van der Waals surface area contributed by atoms with Crippen LogP contribution >= 0.6 is 0 Å². The van der Waals surface area contributed by atoms with E-state index in [1.54, 1.807) is 12.1 Å². The third-order valence-corrected chi connectivity index (χ3v) is 2.91. The molecule has 19 heavy (non-hydrogen) atoms. The second-order valence-corrected chi connectivity index (χ2v) is 4.17. The first-order chi connectivity index (χ1) is 9.13. The third-order valence-electron chi connectivity index (χ3n) is 2.91. The Balaban J connectivity index is 2.56. The van der Waals surface area contributed by atoms with Gasteiger partial charge >= 0.3 is 5.97 Å². The van der Waals surface area contributed by atoms with Crippen molar-refractivity contribution in [2.24, 2.45) is 0 Å². The molecule has 0 fully saturated rings. The SMILES string of the molecule is COC(=O)c1cc(-c2ccccc2)ccc1C(C)=O. The average Bonchev–Trinajstić information content (AvgIpc) is 2.46. The zero-order valence-electron chi connectivity index (χ0n) is 10.8. The maximum absolute atomic E-state index is 11.7. The van der Waals surface area contributed by atoms with Crippen LogP contribution in [0.4, 0.5) is 0 Å². The number of hydrogen-bond acceptors (Lipinski definition) is 3. The summed E-state index contributed by atoms with van der Waals surface area (Å²) in [5, 5.41) is 0. The first-order valence-electron chi connectivity index (χ1n) is 5.92. The normalized spacial score (nSPS) is 10.0. The predicted octanol–water partition coefficient (Wildman–Crippen LogP) is 3.34. The molecule has 0 amide bonds. The molecule has 2 rings (SSSR count). The van der Waals surface area contributed by atoms with Crippen molar-refractivity contribution >= 4 is 11.8 Å². The largest absolute Gasteiger partial charge is 0.465 e. The summed E-state index contributed by atoms with van der Waals surface area (Å²) in [6.45, 7) is 1.43. The van der Waals surface area contributed by atoms with Gasteiger partial charge in [-0.2, -0.15) is 0 Å². The molecule has 0 N–H and O–H groups in total. The molecule has 0 aliphatic rings. The molecule has 0 aromatic heterocycles. The number of methoxy groups -OCH3 is 1. The Morgan fingerprint density at radius 3 is 2.16 bits per heavy atom. The number of benzene rings is 2. The van der Waals surface area contributed by atoms with Gasteiger partial charge in [0.1, 0.15) is 0 Å². The molecule has 0 spiro atoms. The van der Waals surface area contributed by atoms with Crippen LogP contribution < -0.4 is 0 Å². The summed E-state index contributed by atoms with van der Waals surface area (Å²) in [4.78, 5) is 23.3. The Labute approximate surface area is 111 Å². The fraction of sp³-hybridized carbons (Fsp3) is 0.125. The van der Waals surface area contributed by atoms with E-state index in [0.717, 1.165) is 11.1 Å². The molecule has 3 nitrogen and oxygen atoms in total. The molecule has 2 aromatic rings. The van der Waals surface area contributed by atoms with Crippen molar-refractivity contribution < 1.29 is 14.3 Å². The molecular formula is C16H14O3. The monoisotopic (exact) mass is 254 g/mol. The second-order valence-electron chi connectivity index (χ2n) is 4.17. The highest BCUT2D eigenvalue weighted by molar-refractivity contribution is 6.06. The van der Waals surface area contributed by atoms with E-state index >= 15 is 0 Å². The first-order valence-corrected chi connectivity index (χ1v) is 5.92. The van der Waals surface area contributed by atoms with E-state index in [2.05, 4.69) is 0 Å². The minimum absolute atomic E-state index is 0.153. The van der Waals surface area contributed by atoms with Gasteiger partial charge in [-0.15, -0.1) is 0 Å². The van der Waals surface area contributed by atoms with Gasteiger partial charge < -0.3 is 4.74 Å². The number of Topliss-reactive ketones (excluding diaryl/α,β-unsaturated/α-hetero) is 1. The topological polar surface area (TPSA) is 43.4 Å². The fourth-order valence-corrected chi connectivity index (χ4v) is 1.94. The number of rotatable bonds is 3. The lowest BCUT2D eigenvalue weighted by Gasteiger charge is -2.08. The van der Waals surface area contributed by atoms with Crippen molar-refractivity contribution in [3.8, 4) is 11.1 Å². The fourth-order valence-electron chi connectivity index (χ4n) is 1.94. The van der Waals surface area contributed by atoms with Crippen LogP contribution in [0.3, 0.4) is 0 Å². The van der Waals surface area contributed by atoms with Crippen LogP contribution in [0.15, 0.2) is 48.5 Å². The summed E-state index contributed by atoms with van der Waals surface area (Å²) in [5.74, 6) is -0.650. The zero-order valence-corrected chi connectivity index (χ0v) is 10.8. The van der Waals surface area contributed by atoms with Crippen LogP contribution in [-0.4, -0.2) is 18.9 Å². The van der Waals surface area contributed by atoms with Crippen LogP contribution in [0.1, 0.15) is 27.6 Å². The van der Waals surface area contributed by atoms with Crippen molar-refractivity contribution in [3.05, 3.63) is 59.7 Å². The minimum Gasteiger partial charge on any atom is -0.465 e. The summed E-state index contributed by atoms with van der Waals surface area (Å²) >= 11 is 0. The molecule has 3 heteroatoms. The highest BCUT2D eigenvalue weighted by atomic mass is 16.5. The van der Waals surface area contributed by atoms with Gasteiger partial charge in [0.25, 0.3) is 0 Å². The Hall–Kier alpha value is -2.42. The standard InChI is InChI=1S/C16H14O3/c1-11(17)14-9-8-13(10-15(14)16(18)19-2)12-6-4-3-5-7-12/h3-10H,1-2H3. The lowest BCUT2D eigenvalue weighted by atomic mass is 9.97. The summed E-state index contributed by atoms with van der Waals surface area (Å²) in [5.41, 5.74) is 2.55. The van der Waals surface area contributed by atoms with E-state index in [1.807, 2.05) is 36.4 Å². The van der Waals surface area contributed by atoms with Crippen molar-refractivity contribution in [2.75, 3.05) is 7.11 Å². The third kappa shape index (κ3) is 2.71. The smallest absolute Gasteiger partial charge is 0.338 e. The van der Waals surface area contributed by atoms with Crippen LogP contribution in [0, 0.1) is 0 Å². The van der Waals surface area contributed by atoms with Crippen molar-refractivity contribution in [1.29, 1.82) is 0 Å². The van der Waals surface area contributed by atoms with Gasteiger partial charge in [-0.1, -0.05) is 36.4 Å². The maximum atomic E-state index is 11.7. The second kappa shape index (κ2) is 5.48. The Morgan fingerprint density at radius 1 is 0.895 bits per heavy atom. The molecule has 0 atom stereocenters. The molecule has 0 saturated heterocycles. The summed E-state index contributed by atoms with van der Waals surface area (Å²) in [7, 11) is 1.31. The van der Waals surface area contributed by atoms with E-state index in [-0.39, 0.29) is 5.78 Å². The van der Waals surface area contributed by atoms with Gasteiger partial charge in [0.15, 0.2) is 5.78 Å². The first kappa shape index (κ1) is 13.0. The number of ether oxygens (including phenoxy) is 1. The molecule has 2 aromatic carbocycles. The van der Waals surface area contributed by atoms with Gasteiger partial charge in [0.2, 0.25) is 0 Å². The molecular weight excluding hydrogens is 240 g/mol. The van der Waals surface area contributed by atoms with E-state index in [0.29, 0.717) is 11.1 Å². The molecule has 0 bridgehead atoms. The molecule has 0 unspecified atom stereocenters. The molecule has 0 radical (unpaired) electrons. The predicted molar refractivity (Wildman–Crippen MR) is 73.2 cm³/mol. The lowest BCUT2D eigenvalue weighted by Crippen LogP contribution is -2.08. The molecule has 0 aliphatic carbocycles. The van der Waals surface area contributed by atoms with Crippen LogP contribution in [-0.2, 0) is 4.74 Å². The average molecular weight is 254 g/mol. The van der Waals surface area contributed by atoms with E-state index in [4.69, 9.17) is 4.74 Å². The van der Waals surface area contributed by atoms with Crippen LogP contribution in [0.2, 0.25) is 0 Å². The minimum atomic E-state index is -0.497. The van der Waals surface area contributed by atoms with Crippen molar-refractivity contribution in [3.63, 3.8) is 0 Å². The van der Waals surface area contributed by atoms with Crippen LogP contribution in [0.5, 0.6) is 0 Å². The van der Waals surface area contributed by atoms with Crippen molar-refractivity contribution in [2.45, 2.75) is 6.92 Å². The van der Waals surface area contributed by atoms with Gasteiger partial charge in [0, 0.05) is 5.56 Å².